The lowest BCUT2D eigenvalue weighted by molar-refractivity contribution is -0.119. The Labute approximate surface area is 186 Å². The Morgan fingerprint density at radius 3 is 2.32 bits per heavy atom. The number of thioether (sulfide) groups is 1. The molecule has 1 heterocycles. The molecule has 0 spiro atoms. The second-order valence-electron chi connectivity index (χ2n) is 7.49. The highest BCUT2D eigenvalue weighted by Gasteiger charge is 2.29. The number of hydrogen-bond acceptors (Lipinski definition) is 6. The van der Waals surface area contributed by atoms with Crippen LogP contribution in [0.1, 0.15) is 32.1 Å². The van der Waals surface area contributed by atoms with E-state index < -0.39 is 9.84 Å². The van der Waals surface area contributed by atoms with Gasteiger partial charge in [0.1, 0.15) is 0 Å². The van der Waals surface area contributed by atoms with E-state index in [1.54, 1.807) is 30.3 Å². The fraction of sp³-hybridized carbons (Fsp3) is 0.304. The van der Waals surface area contributed by atoms with E-state index in [1.807, 2.05) is 18.2 Å². The molecule has 4 rings (SSSR count). The number of carbonyl (C=O) groups excluding carboxylic acids is 1. The number of nitrogens with zero attached hydrogens (tertiary/aromatic N) is 1. The van der Waals surface area contributed by atoms with Crippen molar-refractivity contribution in [2.75, 3.05) is 5.75 Å². The molecular weight excluding hydrogens is 432 g/mol. The van der Waals surface area contributed by atoms with Crippen molar-refractivity contribution in [3.05, 3.63) is 60.7 Å². The van der Waals surface area contributed by atoms with Gasteiger partial charge in [0.15, 0.2) is 0 Å². The molecule has 0 bridgehead atoms. The van der Waals surface area contributed by atoms with Gasteiger partial charge in [-0.2, -0.15) is 4.98 Å². The van der Waals surface area contributed by atoms with Crippen LogP contribution >= 0.6 is 11.8 Å². The van der Waals surface area contributed by atoms with Crippen LogP contribution in [0.4, 0.5) is 0 Å². The fourth-order valence-electron chi connectivity index (χ4n) is 3.62. The normalized spacial score (nSPS) is 15.0. The summed E-state index contributed by atoms with van der Waals surface area (Å²) in [6.45, 7) is 0. The van der Waals surface area contributed by atoms with Crippen molar-refractivity contribution in [2.24, 2.45) is 0 Å². The SMILES string of the molecule is O=C(CSc1oc(-c2ccccc2)nc1S(=O)(=O)c1ccccc1)NC1CCCCC1. The van der Waals surface area contributed by atoms with Crippen molar-refractivity contribution < 1.29 is 17.6 Å². The van der Waals surface area contributed by atoms with Crippen molar-refractivity contribution in [3.63, 3.8) is 0 Å². The molecule has 0 unspecified atom stereocenters. The third-order valence-electron chi connectivity index (χ3n) is 5.20. The minimum Gasteiger partial charge on any atom is -0.428 e. The van der Waals surface area contributed by atoms with Crippen molar-refractivity contribution >= 4 is 27.5 Å². The fourth-order valence-corrected chi connectivity index (χ4v) is 5.98. The Hall–Kier alpha value is -2.58. The summed E-state index contributed by atoms with van der Waals surface area (Å²) >= 11 is 1.06. The number of amides is 1. The highest BCUT2D eigenvalue weighted by Crippen LogP contribution is 2.34. The standard InChI is InChI=1S/C23H24N2O4S2/c26-20(24-18-12-6-2-7-13-18)16-30-23-22(31(27,28)19-14-8-3-9-15-19)25-21(29-23)17-10-4-1-5-11-17/h1,3-5,8-11,14-15,18H,2,6-7,12-13,16H2,(H,24,26). The number of sulfone groups is 1. The maximum atomic E-state index is 13.2. The minimum absolute atomic E-state index is 0.0667. The summed E-state index contributed by atoms with van der Waals surface area (Å²) in [6.07, 6.45) is 5.44. The third kappa shape index (κ3) is 5.19. The number of benzene rings is 2. The molecule has 1 amide bonds. The smallest absolute Gasteiger partial charge is 0.230 e. The highest BCUT2D eigenvalue weighted by molar-refractivity contribution is 8.00. The van der Waals surface area contributed by atoms with E-state index >= 15 is 0 Å². The highest BCUT2D eigenvalue weighted by atomic mass is 32.2. The molecule has 1 fully saturated rings. The predicted molar refractivity (Wildman–Crippen MR) is 120 cm³/mol. The maximum absolute atomic E-state index is 13.2. The van der Waals surface area contributed by atoms with Gasteiger partial charge in [-0.1, -0.05) is 67.4 Å². The van der Waals surface area contributed by atoms with Crippen LogP contribution in [-0.4, -0.2) is 31.1 Å². The molecule has 0 atom stereocenters. The first-order valence-electron chi connectivity index (χ1n) is 10.3. The zero-order chi connectivity index (χ0) is 21.7. The van der Waals surface area contributed by atoms with Crippen LogP contribution in [0.5, 0.6) is 0 Å². The van der Waals surface area contributed by atoms with E-state index in [2.05, 4.69) is 10.3 Å². The lowest BCUT2D eigenvalue weighted by Gasteiger charge is -2.22. The summed E-state index contributed by atoms with van der Waals surface area (Å²) in [6, 6.07) is 17.4. The average Bonchev–Trinajstić information content (AvgIpc) is 3.25. The molecule has 0 saturated heterocycles. The first-order chi connectivity index (χ1) is 15.0. The first-order valence-corrected chi connectivity index (χ1v) is 12.8. The lowest BCUT2D eigenvalue weighted by Crippen LogP contribution is -2.37. The summed E-state index contributed by atoms with van der Waals surface area (Å²) in [4.78, 5) is 16.9. The summed E-state index contributed by atoms with van der Waals surface area (Å²) in [5.74, 6) is 0.153. The Bertz CT molecular complexity index is 1120. The molecule has 1 saturated carbocycles. The summed E-state index contributed by atoms with van der Waals surface area (Å²) in [7, 11) is -3.89. The lowest BCUT2D eigenvalue weighted by atomic mass is 9.95. The molecule has 3 aromatic rings. The second-order valence-corrected chi connectivity index (χ2v) is 10.3. The molecule has 0 aliphatic heterocycles. The van der Waals surface area contributed by atoms with E-state index in [0.717, 1.165) is 37.4 Å². The molecule has 1 aliphatic rings. The summed E-state index contributed by atoms with van der Waals surface area (Å²) < 4.78 is 32.3. The molecule has 1 aromatic heterocycles. The maximum Gasteiger partial charge on any atom is 0.230 e. The first kappa shape index (κ1) is 21.6. The van der Waals surface area contributed by atoms with Gasteiger partial charge in [-0.05, 0) is 37.1 Å². The van der Waals surface area contributed by atoms with Gasteiger partial charge in [0.2, 0.25) is 31.8 Å². The monoisotopic (exact) mass is 456 g/mol. The van der Waals surface area contributed by atoms with Gasteiger partial charge in [-0.25, -0.2) is 8.42 Å². The average molecular weight is 457 g/mol. The van der Waals surface area contributed by atoms with Gasteiger partial charge in [0, 0.05) is 11.6 Å². The number of aromatic nitrogens is 1. The third-order valence-corrected chi connectivity index (χ3v) is 7.95. The van der Waals surface area contributed by atoms with Crippen LogP contribution < -0.4 is 5.32 Å². The number of nitrogens with one attached hydrogen (secondary N) is 1. The second kappa shape index (κ2) is 9.70. The molecular formula is C23H24N2O4S2. The van der Waals surface area contributed by atoms with E-state index in [0.29, 0.717) is 5.56 Å². The number of carbonyl (C=O) groups is 1. The van der Waals surface area contributed by atoms with Crippen molar-refractivity contribution in [1.82, 2.24) is 10.3 Å². The van der Waals surface area contributed by atoms with Crippen LogP contribution in [0, 0.1) is 0 Å². The van der Waals surface area contributed by atoms with Gasteiger partial charge in [-0.3, -0.25) is 4.79 Å². The Balaban J connectivity index is 1.59. The van der Waals surface area contributed by atoms with Gasteiger partial charge < -0.3 is 9.73 Å². The van der Waals surface area contributed by atoms with Crippen LogP contribution in [0.25, 0.3) is 11.5 Å². The van der Waals surface area contributed by atoms with E-state index in [1.165, 1.54) is 18.6 Å². The Morgan fingerprint density at radius 2 is 1.65 bits per heavy atom. The summed E-state index contributed by atoms with van der Waals surface area (Å²) in [5.41, 5.74) is 0.672. The van der Waals surface area contributed by atoms with Gasteiger partial charge in [0.05, 0.1) is 10.6 Å². The van der Waals surface area contributed by atoms with E-state index in [4.69, 9.17) is 4.42 Å². The van der Waals surface area contributed by atoms with Crippen LogP contribution in [-0.2, 0) is 14.6 Å². The van der Waals surface area contributed by atoms with Crippen LogP contribution in [0.15, 0.2) is 80.1 Å². The zero-order valence-corrected chi connectivity index (χ0v) is 18.6. The molecule has 0 radical (unpaired) electrons. The molecule has 8 heteroatoms. The Kier molecular flexibility index (Phi) is 6.77. The van der Waals surface area contributed by atoms with Gasteiger partial charge in [-0.15, -0.1) is 0 Å². The largest absolute Gasteiger partial charge is 0.428 e. The molecule has 162 valence electrons. The van der Waals surface area contributed by atoms with E-state index in [-0.39, 0.29) is 38.6 Å². The quantitative estimate of drug-likeness (QED) is 0.518. The van der Waals surface area contributed by atoms with Crippen molar-refractivity contribution in [2.45, 2.75) is 53.2 Å². The van der Waals surface area contributed by atoms with Crippen molar-refractivity contribution in [1.29, 1.82) is 0 Å². The topological polar surface area (TPSA) is 89.3 Å². The van der Waals surface area contributed by atoms with Crippen LogP contribution in [0.2, 0.25) is 0 Å². The minimum atomic E-state index is -3.89. The molecule has 2 aromatic carbocycles. The number of oxazole rings is 1. The predicted octanol–water partition coefficient (Wildman–Crippen LogP) is 4.72. The molecule has 1 aliphatic carbocycles. The molecule has 31 heavy (non-hydrogen) atoms. The number of hydrogen-bond donors (Lipinski definition) is 1. The number of rotatable bonds is 7. The van der Waals surface area contributed by atoms with Crippen LogP contribution in [0.3, 0.4) is 0 Å². The summed E-state index contributed by atoms with van der Waals surface area (Å²) in [5, 5.41) is 3.01. The van der Waals surface area contributed by atoms with Gasteiger partial charge >= 0.3 is 0 Å². The van der Waals surface area contributed by atoms with Crippen molar-refractivity contribution in [3.8, 4) is 11.5 Å². The zero-order valence-electron chi connectivity index (χ0n) is 17.0. The Morgan fingerprint density at radius 1 is 1.00 bits per heavy atom. The van der Waals surface area contributed by atoms with Gasteiger partial charge in [0.25, 0.3) is 0 Å². The molecule has 6 nitrogen and oxygen atoms in total. The molecule has 1 N–H and O–H groups in total. The van der Waals surface area contributed by atoms with E-state index in [9.17, 15) is 13.2 Å².